The molecule has 1 aliphatic heterocycles. The van der Waals surface area contributed by atoms with Crippen LogP contribution >= 0.6 is 22.7 Å². The van der Waals surface area contributed by atoms with Gasteiger partial charge in [0.15, 0.2) is 0 Å². The molecule has 1 atom stereocenters. The summed E-state index contributed by atoms with van der Waals surface area (Å²) in [5.74, 6) is 0.0738. The molecule has 1 N–H and O–H groups in total. The number of nitrogens with one attached hydrogen (secondary N) is 1. The van der Waals surface area contributed by atoms with Crippen LogP contribution in [-0.2, 0) is 11.2 Å². The van der Waals surface area contributed by atoms with E-state index in [0.29, 0.717) is 12.5 Å². The van der Waals surface area contributed by atoms with E-state index >= 15 is 0 Å². The maximum atomic E-state index is 12.1. The Balaban J connectivity index is 1.37. The lowest BCUT2D eigenvalue weighted by Crippen LogP contribution is -2.39. The molecule has 2 aromatic heterocycles. The van der Waals surface area contributed by atoms with E-state index in [9.17, 15) is 4.79 Å². The smallest absolute Gasteiger partial charge is 0.226 e. The summed E-state index contributed by atoms with van der Waals surface area (Å²) < 4.78 is 0. The Morgan fingerprint density at radius 1 is 1.42 bits per heavy atom. The van der Waals surface area contributed by atoms with Crippen LogP contribution in [0.1, 0.15) is 38.3 Å². The molecule has 1 fully saturated rings. The quantitative estimate of drug-likeness (QED) is 0.761. The topological polar surface area (TPSA) is 45.2 Å². The summed E-state index contributed by atoms with van der Waals surface area (Å²) >= 11 is 3.29. The third-order valence-electron chi connectivity index (χ3n) is 4.51. The summed E-state index contributed by atoms with van der Waals surface area (Å²) in [5.41, 5.74) is 0.866. The fourth-order valence-electron chi connectivity index (χ4n) is 3.13. The summed E-state index contributed by atoms with van der Waals surface area (Å²) in [6, 6.07) is 4.78. The summed E-state index contributed by atoms with van der Waals surface area (Å²) in [4.78, 5) is 20.3. The van der Waals surface area contributed by atoms with Gasteiger partial charge in [-0.05, 0) is 44.2 Å². The molecular weight excluding hydrogens is 338 g/mol. The highest BCUT2D eigenvalue weighted by molar-refractivity contribution is 7.20. The number of piperidine rings is 1. The molecule has 6 heteroatoms. The van der Waals surface area contributed by atoms with E-state index in [-0.39, 0.29) is 5.91 Å². The monoisotopic (exact) mass is 363 g/mol. The van der Waals surface area contributed by atoms with Crippen molar-refractivity contribution >= 4 is 28.6 Å². The molecule has 3 rings (SSSR count). The number of aromatic nitrogens is 1. The van der Waals surface area contributed by atoms with Crippen molar-refractivity contribution < 1.29 is 4.79 Å². The molecule has 0 spiro atoms. The van der Waals surface area contributed by atoms with Crippen molar-refractivity contribution in [3.05, 3.63) is 28.6 Å². The van der Waals surface area contributed by atoms with E-state index in [0.717, 1.165) is 30.2 Å². The highest BCUT2D eigenvalue weighted by Gasteiger charge is 2.17. The minimum atomic E-state index is 0.0738. The normalized spacial score (nSPS) is 18.6. The second-order valence-electron chi connectivity index (χ2n) is 6.38. The summed E-state index contributed by atoms with van der Waals surface area (Å²) in [5, 5.41) is 8.08. The summed E-state index contributed by atoms with van der Waals surface area (Å²) in [6.07, 6.45) is 5.38. The van der Waals surface area contributed by atoms with E-state index in [1.165, 1.54) is 30.7 Å². The van der Waals surface area contributed by atoms with Crippen molar-refractivity contribution in [2.45, 2.75) is 45.1 Å². The molecule has 24 heavy (non-hydrogen) atoms. The number of rotatable bonds is 7. The number of carbonyl (C=O) groups is 1. The number of amides is 1. The lowest BCUT2D eigenvalue weighted by atomic mass is 10.0. The van der Waals surface area contributed by atoms with E-state index in [1.807, 2.05) is 16.8 Å². The van der Waals surface area contributed by atoms with Crippen LogP contribution in [0.25, 0.3) is 9.88 Å². The van der Waals surface area contributed by atoms with Crippen molar-refractivity contribution in [1.82, 2.24) is 15.2 Å². The van der Waals surface area contributed by atoms with Gasteiger partial charge in [-0.25, -0.2) is 4.98 Å². The molecule has 0 bridgehead atoms. The van der Waals surface area contributed by atoms with Crippen molar-refractivity contribution in [3.8, 4) is 9.88 Å². The van der Waals surface area contributed by atoms with Gasteiger partial charge in [-0.15, -0.1) is 22.7 Å². The van der Waals surface area contributed by atoms with Crippen LogP contribution in [0.15, 0.2) is 22.9 Å². The van der Waals surface area contributed by atoms with Crippen molar-refractivity contribution in [3.63, 3.8) is 0 Å². The van der Waals surface area contributed by atoms with Crippen LogP contribution < -0.4 is 5.32 Å². The standard InChI is InChI=1S/C18H25N3OS2/c1-14-6-2-3-9-21(14)10-5-8-19-17(22)12-15-13-24-18(20-15)16-7-4-11-23-16/h4,7,11,13-14H,2-3,5-6,8-10,12H2,1H3,(H,19,22)/t14-/m1/s1. The fraction of sp³-hybridized carbons (Fsp3) is 0.556. The first-order valence-electron chi connectivity index (χ1n) is 8.71. The minimum Gasteiger partial charge on any atom is -0.356 e. The highest BCUT2D eigenvalue weighted by Crippen LogP contribution is 2.27. The molecular formula is C18H25N3OS2. The lowest BCUT2D eigenvalue weighted by molar-refractivity contribution is -0.120. The van der Waals surface area contributed by atoms with Crippen LogP contribution in [-0.4, -0.2) is 41.5 Å². The Bertz CT molecular complexity index is 638. The number of nitrogens with zero attached hydrogens (tertiary/aromatic N) is 2. The van der Waals surface area contributed by atoms with Gasteiger partial charge in [0.1, 0.15) is 5.01 Å². The number of hydrogen-bond donors (Lipinski definition) is 1. The van der Waals surface area contributed by atoms with Gasteiger partial charge in [0.2, 0.25) is 5.91 Å². The summed E-state index contributed by atoms with van der Waals surface area (Å²) in [7, 11) is 0. The zero-order chi connectivity index (χ0) is 16.8. The van der Waals surface area contributed by atoms with Gasteiger partial charge in [-0.3, -0.25) is 4.79 Å². The predicted octanol–water partition coefficient (Wildman–Crippen LogP) is 3.79. The molecule has 4 nitrogen and oxygen atoms in total. The third kappa shape index (κ3) is 4.88. The largest absolute Gasteiger partial charge is 0.356 e. The van der Waals surface area contributed by atoms with Crippen molar-refractivity contribution in [1.29, 1.82) is 0 Å². The molecule has 0 aliphatic carbocycles. The first-order valence-corrected chi connectivity index (χ1v) is 10.5. The molecule has 1 aliphatic rings. The maximum Gasteiger partial charge on any atom is 0.226 e. The second-order valence-corrected chi connectivity index (χ2v) is 8.19. The Morgan fingerprint density at radius 3 is 3.12 bits per heavy atom. The van der Waals surface area contributed by atoms with E-state index in [2.05, 4.69) is 28.2 Å². The number of thiophene rings is 1. The van der Waals surface area contributed by atoms with Gasteiger partial charge in [0.25, 0.3) is 0 Å². The molecule has 0 aromatic carbocycles. The number of carbonyl (C=O) groups excluding carboxylic acids is 1. The molecule has 0 radical (unpaired) electrons. The van der Waals surface area contributed by atoms with Crippen LogP contribution in [0.4, 0.5) is 0 Å². The number of thiazole rings is 1. The number of hydrogen-bond acceptors (Lipinski definition) is 5. The van der Waals surface area contributed by atoms with E-state index in [1.54, 1.807) is 22.7 Å². The Hall–Kier alpha value is -1.24. The van der Waals surface area contributed by atoms with Gasteiger partial charge < -0.3 is 10.2 Å². The predicted molar refractivity (Wildman–Crippen MR) is 102 cm³/mol. The molecule has 1 saturated heterocycles. The van der Waals surface area contributed by atoms with Crippen LogP contribution in [0.3, 0.4) is 0 Å². The molecule has 2 aromatic rings. The minimum absolute atomic E-state index is 0.0738. The second kappa shape index (κ2) is 8.74. The first-order chi connectivity index (χ1) is 11.7. The Morgan fingerprint density at radius 2 is 2.33 bits per heavy atom. The Labute approximate surface area is 151 Å². The summed E-state index contributed by atoms with van der Waals surface area (Å²) in [6.45, 7) is 5.36. The molecule has 3 heterocycles. The Kier molecular flexibility index (Phi) is 6.40. The van der Waals surface area contributed by atoms with E-state index in [4.69, 9.17) is 0 Å². The van der Waals surface area contributed by atoms with Gasteiger partial charge in [0, 0.05) is 24.5 Å². The first kappa shape index (κ1) is 17.6. The maximum absolute atomic E-state index is 12.1. The van der Waals surface area contributed by atoms with Gasteiger partial charge in [-0.1, -0.05) is 12.5 Å². The average Bonchev–Trinajstić information content (AvgIpc) is 3.24. The van der Waals surface area contributed by atoms with Gasteiger partial charge in [-0.2, -0.15) is 0 Å². The molecule has 130 valence electrons. The fourth-order valence-corrected chi connectivity index (χ4v) is 4.76. The lowest BCUT2D eigenvalue weighted by Gasteiger charge is -2.33. The van der Waals surface area contributed by atoms with Gasteiger partial charge in [0.05, 0.1) is 17.0 Å². The third-order valence-corrected chi connectivity index (χ3v) is 6.44. The average molecular weight is 364 g/mol. The van der Waals surface area contributed by atoms with E-state index < -0.39 is 0 Å². The molecule has 0 saturated carbocycles. The van der Waals surface area contributed by atoms with Crippen LogP contribution in [0.2, 0.25) is 0 Å². The zero-order valence-corrected chi connectivity index (χ0v) is 15.8. The van der Waals surface area contributed by atoms with Crippen molar-refractivity contribution in [2.75, 3.05) is 19.6 Å². The number of likely N-dealkylation sites (tertiary alicyclic amines) is 1. The van der Waals surface area contributed by atoms with Crippen LogP contribution in [0, 0.1) is 0 Å². The molecule has 0 unspecified atom stereocenters. The SMILES string of the molecule is C[C@@H]1CCCCN1CCCNC(=O)Cc1csc(-c2cccs2)n1. The van der Waals surface area contributed by atoms with Crippen molar-refractivity contribution in [2.24, 2.45) is 0 Å². The van der Waals surface area contributed by atoms with Gasteiger partial charge >= 0.3 is 0 Å². The zero-order valence-electron chi connectivity index (χ0n) is 14.2. The van der Waals surface area contributed by atoms with Crippen LogP contribution in [0.5, 0.6) is 0 Å². The molecule has 1 amide bonds. The highest BCUT2D eigenvalue weighted by atomic mass is 32.1.